The lowest BCUT2D eigenvalue weighted by Crippen LogP contribution is -2.22. The summed E-state index contributed by atoms with van der Waals surface area (Å²) in [6, 6.07) is 7.93. The molecule has 1 aliphatic carbocycles. The summed E-state index contributed by atoms with van der Waals surface area (Å²) in [7, 11) is 0. The van der Waals surface area contributed by atoms with Gasteiger partial charge in [-0.25, -0.2) is 4.79 Å². The number of amides is 1. The van der Waals surface area contributed by atoms with Crippen molar-refractivity contribution in [2.24, 2.45) is 5.92 Å². The second-order valence-corrected chi connectivity index (χ2v) is 9.03. The van der Waals surface area contributed by atoms with E-state index >= 15 is 0 Å². The third-order valence-corrected chi connectivity index (χ3v) is 6.71. The fraction of sp³-hybridized carbons (Fsp3) is 0.478. The van der Waals surface area contributed by atoms with Crippen molar-refractivity contribution in [3.05, 3.63) is 50.7 Å². The second kappa shape index (κ2) is 8.91. The van der Waals surface area contributed by atoms with E-state index in [1.807, 2.05) is 31.2 Å². The standard InChI is InChI=1S/C23H29NO3S/c1-5-16-9-10-19-17(11-16)12-20(28-19)23(26)27-13-21(25)24-22-15(4)7-6-8-18(22)14(2)3/h6-8,12,14,16H,5,9-11,13H2,1-4H3,(H,24,25)/t16-/m1/s1. The highest BCUT2D eigenvalue weighted by Gasteiger charge is 2.23. The minimum absolute atomic E-state index is 0.273. The number of aryl methyl sites for hydroxylation is 2. The normalized spacial score (nSPS) is 16.0. The third kappa shape index (κ3) is 4.64. The van der Waals surface area contributed by atoms with Gasteiger partial charge in [0.05, 0.1) is 0 Å². The minimum atomic E-state index is -0.406. The molecule has 1 aromatic heterocycles. The highest BCUT2D eigenvalue weighted by Crippen LogP contribution is 2.34. The number of thiophene rings is 1. The number of carbonyl (C=O) groups excluding carboxylic acids is 2. The summed E-state index contributed by atoms with van der Waals surface area (Å²) in [4.78, 5) is 26.7. The second-order valence-electron chi connectivity index (χ2n) is 7.89. The Kier molecular flexibility index (Phi) is 6.55. The van der Waals surface area contributed by atoms with Gasteiger partial charge in [0.2, 0.25) is 0 Å². The highest BCUT2D eigenvalue weighted by atomic mass is 32.1. The molecule has 0 spiro atoms. The molecule has 0 aliphatic heterocycles. The largest absolute Gasteiger partial charge is 0.451 e. The van der Waals surface area contributed by atoms with Crippen LogP contribution < -0.4 is 5.32 Å². The molecule has 1 heterocycles. The van der Waals surface area contributed by atoms with E-state index in [-0.39, 0.29) is 12.5 Å². The Hall–Kier alpha value is -2.14. The van der Waals surface area contributed by atoms with Crippen molar-refractivity contribution in [1.82, 2.24) is 0 Å². The van der Waals surface area contributed by atoms with Gasteiger partial charge in [0.1, 0.15) is 4.88 Å². The monoisotopic (exact) mass is 399 g/mol. The maximum Gasteiger partial charge on any atom is 0.348 e. The molecule has 4 nitrogen and oxygen atoms in total. The average molecular weight is 400 g/mol. The fourth-order valence-electron chi connectivity index (χ4n) is 3.77. The summed E-state index contributed by atoms with van der Waals surface area (Å²) >= 11 is 1.51. The first-order valence-corrected chi connectivity index (χ1v) is 10.9. The Morgan fingerprint density at radius 3 is 2.82 bits per heavy atom. The molecule has 0 unspecified atom stereocenters. The van der Waals surface area contributed by atoms with Crippen LogP contribution in [-0.2, 0) is 22.4 Å². The highest BCUT2D eigenvalue weighted by molar-refractivity contribution is 7.14. The molecule has 1 atom stereocenters. The molecular weight excluding hydrogens is 370 g/mol. The van der Waals surface area contributed by atoms with Gasteiger partial charge in [0.25, 0.3) is 5.91 Å². The van der Waals surface area contributed by atoms with Crippen LogP contribution in [0.25, 0.3) is 0 Å². The van der Waals surface area contributed by atoms with Crippen molar-refractivity contribution in [2.45, 2.75) is 59.3 Å². The maximum atomic E-state index is 12.4. The number of rotatable bonds is 6. The summed E-state index contributed by atoms with van der Waals surface area (Å²) in [6.07, 6.45) is 4.45. The number of para-hydroxylation sites is 1. The van der Waals surface area contributed by atoms with Crippen LogP contribution >= 0.6 is 11.3 Å². The van der Waals surface area contributed by atoms with E-state index in [9.17, 15) is 9.59 Å². The maximum absolute atomic E-state index is 12.4. The zero-order valence-electron chi connectivity index (χ0n) is 17.1. The molecule has 0 fully saturated rings. The quantitative estimate of drug-likeness (QED) is 0.654. The zero-order chi connectivity index (χ0) is 20.3. The number of ether oxygens (including phenoxy) is 1. The Labute approximate surface area is 171 Å². The molecule has 0 bridgehead atoms. The number of hydrogen-bond acceptors (Lipinski definition) is 4. The van der Waals surface area contributed by atoms with Gasteiger partial charge >= 0.3 is 5.97 Å². The Balaban J connectivity index is 1.60. The molecule has 150 valence electrons. The molecule has 1 aliphatic rings. The summed E-state index contributed by atoms with van der Waals surface area (Å²) < 4.78 is 5.29. The number of carbonyl (C=O) groups is 2. The zero-order valence-corrected chi connectivity index (χ0v) is 17.9. The first kappa shape index (κ1) is 20.6. The first-order chi connectivity index (χ1) is 13.4. The van der Waals surface area contributed by atoms with Gasteiger partial charge in [-0.3, -0.25) is 4.79 Å². The molecule has 28 heavy (non-hydrogen) atoms. The molecule has 1 aromatic carbocycles. The van der Waals surface area contributed by atoms with Crippen LogP contribution in [0.5, 0.6) is 0 Å². The Morgan fingerprint density at radius 2 is 2.11 bits per heavy atom. The first-order valence-electron chi connectivity index (χ1n) is 10.1. The van der Waals surface area contributed by atoms with Crippen molar-refractivity contribution in [1.29, 1.82) is 0 Å². The van der Waals surface area contributed by atoms with Crippen LogP contribution in [0.4, 0.5) is 5.69 Å². The van der Waals surface area contributed by atoms with Crippen molar-refractivity contribution >= 4 is 28.9 Å². The molecule has 3 rings (SSSR count). The van der Waals surface area contributed by atoms with E-state index in [4.69, 9.17) is 4.74 Å². The number of esters is 1. The molecule has 1 amide bonds. The van der Waals surface area contributed by atoms with Crippen molar-refractivity contribution in [3.8, 4) is 0 Å². The lowest BCUT2D eigenvalue weighted by molar-refractivity contribution is -0.119. The molecule has 5 heteroatoms. The summed E-state index contributed by atoms with van der Waals surface area (Å²) in [5.74, 6) is 0.288. The number of nitrogens with one attached hydrogen (secondary N) is 1. The molecule has 0 saturated carbocycles. The number of hydrogen-bond donors (Lipinski definition) is 1. The van der Waals surface area contributed by atoms with Crippen molar-refractivity contribution in [3.63, 3.8) is 0 Å². The average Bonchev–Trinajstić information content (AvgIpc) is 3.10. The molecule has 0 saturated heterocycles. The van der Waals surface area contributed by atoms with Crippen LogP contribution in [0.15, 0.2) is 24.3 Å². The van der Waals surface area contributed by atoms with Gasteiger partial charge in [-0.15, -0.1) is 11.3 Å². The van der Waals surface area contributed by atoms with Gasteiger partial charge in [-0.1, -0.05) is 45.4 Å². The van der Waals surface area contributed by atoms with E-state index in [0.717, 1.165) is 29.7 Å². The van der Waals surface area contributed by atoms with Crippen molar-refractivity contribution in [2.75, 3.05) is 11.9 Å². The fourth-order valence-corrected chi connectivity index (χ4v) is 4.87. The van der Waals surface area contributed by atoms with E-state index in [1.165, 1.54) is 34.6 Å². The third-order valence-electron chi connectivity index (χ3n) is 5.49. The molecule has 0 radical (unpaired) electrons. The molecule has 2 aromatic rings. The van der Waals surface area contributed by atoms with E-state index in [1.54, 1.807) is 0 Å². The molecule has 1 N–H and O–H groups in total. The van der Waals surface area contributed by atoms with Gasteiger partial charge in [0.15, 0.2) is 6.61 Å². The summed E-state index contributed by atoms with van der Waals surface area (Å²) in [5.41, 5.74) is 4.18. The number of fused-ring (bicyclic) bond motifs is 1. The van der Waals surface area contributed by atoms with Crippen molar-refractivity contribution < 1.29 is 14.3 Å². The SMILES string of the molecule is CC[C@@H]1CCc2sc(C(=O)OCC(=O)Nc3c(C)cccc3C(C)C)cc2C1. The number of benzene rings is 1. The lowest BCUT2D eigenvalue weighted by atomic mass is 9.87. The predicted octanol–water partition coefficient (Wildman–Crippen LogP) is 5.49. The summed E-state index contributed by atoms with van der Waals surface area (Å²) in [5, 5.41) is 2.92. The van der Waals surface area contributed by atoms with Crippen LogP contribution in [0.1, 0.15) is 70.8 Å². The number of anilines is 1. The Morgan fingerprint density at radius 1 is 1.32 bits per heavy atom. The lowest BCUT2D eigenvalue weighted by Gasteiger charge is -2.19. The van der Waals surface area contributed by atoms with Gasteiger partial charge in [-0.05, 0) is 60.8 Å². The van der Waals surface area contributed by atoms with E-state index in [2.05, 4.69) is 26.1 Å². The Bertz CT molecular complexity index is 869. The van der Waals surface area contributed by atoms with Crippen LogP contribution in [0.2, 0.25) is 0 Å². The predicted molar refractivity (Wildman–Crippen MR) is 114 cm³/mol. The van der Waals surface area contributed by atoms with Gasteiger partial charge in [0, 0.05) is 10.6 Å². The minimum Gasteiger partial charge on any atom is -0.451 e. The van der Waals surface area contributed by atoms with E-state index < -0.39 is 5.97 Å². The van der Waals surface area contributed by atoms with Crippen LogP contribution in [0.3, 0.4) is 0 Å². The van der Waals surface area contributed by atoms with Crippen LogP contribution in [-0.4, -0.2) is 18.5 Å². The molecular formula is C23H29NO3S. The van der Waals surface area contributed by atoms with Gasteiger partial charge in [-0.2, -0.15) is 0 Å². The topological polar surface area (TPSA) is 55.4 Å². The smallest absolute Gasteiger partial charge is 0.348 e. The van der Waals surface area contributed by atoms with E-state index in [0.29, 0.717) is 16.7 Å². The van der Waals surface area contributed by atoms with Crippen LogP contribution in [0, 0.1) is 12.8 Å². The summed E-state index contributed by atoms with van der Waals surface area (Å²) in [6.45, 7) is 8.09. The van der Waals surface area contributed by atoms with Gasteiger partial charge < -0.3 is 10.1 Å².